The molecule has 1 radical (unpaired) electrons. The molecule has 0 unspecified atom stereocenters. The number of carbonyl (C=O) groups is 1. The Balaban J connectivity index is 3.36. The Hall–Kier alpha value is -0.790. The maximum absolute atomic E-state index is 10.3. The summed E-state index contributed by atoms with van der Waals surface area (Å²) in [7, 11) is 0. The maximum atomic E-state index is 10.3. The van der Waals surface area contributed by atoms with E-state index in [1.165, 1.54) is 6.92 Å². The summed E-state index contributed by atoms with van der Waals surface area (Å²) in [6.07, 6.45) is 4.71. The third-order valence-electron chi connectivity index (χ3n) is 1.30. The first-order valence-electron chi connectivity index (χ1n) is 3.76. The minimum absolute atomic E-state index is 0.239. The fraction of sp³-hybridized carbons (Fsp3) is 0.556. The van der Waals surface area contributed by atoms with Crippen molar-refractivity contribution in [3.63, 3.8) is 0 Å². The Morgan fingerprint density at radius 3 is 2.82 bits per heavy atom. The summed E-state index contributed by atoms with van der Waals surface area (Å²) in [6, 6.07) is 0. The zero-order valence-electron chi connectivity index (χ0n) is 7.17. The molecular formula is C9H15O2. The molecule has 0 bridgehead atoms. The first-order valence-corrected chi connectivity index (χ1v) is 3.76. The van der Waals surface area contributed by atoms with Gasteiger partial charge in [-0.3, -0.25) is 4.79 Å². The van der Waals surface area contributed by atoms with Crippen LogP contribution in [0.25, 0.3) is 0 Å². The van der Waals surface area contributed by atoms with Crippen molar-refractivity contribution in [2.45, 2.75) is 20.3 Å². The van der Waals surface area contributed by atoms with Gasteiger partial charge in [-0.15, -0.1) is 0 Å². The number of rotatable bonds is 4. The molecule has 0 aliphatic rings. The third-order valence-corrected chi connectivity index (χ3v) is 1.30. The molecule has 0 aromatic rings. The van der Waals surface area contributed by atoms with Gasteiger partial charge in [-0.1, -0.05) is 26.0 Å². The Morgan fingerprint density at radius 2 is 2.36 bits per heavy atom. The van der Waals surface area contributed by atoms with Crippen LogP contribution in [-0.2, 0) is 9.53 Å². The van der Waals surface area contributed by atoms with E-state index in [0.717, 1.165) is 6.42 Å². The van der Waals surface area contributed by atoms with Gasteiger partial charge in [0.1, 0.15) is 6.61 Å². The number of esters is 1. The summed E-state index contributed by atoms with van der Waals surface area (Å²) in [4.78, 5) is 10.3. The van der Waals surface area contributed by atoms with Gasteiger partial charge in [0.15, 0.2) is 0 Å². The van der Waals surface area contributed by atoms with Crippen molar-refractivity contribution in [2.24, 2.45) is 5.92 Å². The molecule has 0 spiro atoms. The van der Waals surface area contributed by atoms with Crippen LogP contribution in [0.2, 0.25) is 0 Å². The normalized spacial score (nSPS) is 13.4. The highest BCUT2D eigenvalue weighted by molar-refractivity contribution is 5.65. The second-order valence-corrected chi connectivity index (χ2v) is 2.50. The average Bonchev–Trinajstić information content (AvgIpc) is 1.97. The van der Waals surface area contributed by atoms with Gasteiger partial charge < -0.3 is 4.74 Å². The van der Waals surface area contributed by atoms with Gasteiger partial charge in [0.2, 0.25) is 0 Å². The van der Waals surface area contributed by atoms with Crippen LogP contribution in [0.15, 0.2) is 12.2 Å². The SMILES string of the molecule is [CH2]C[C@H](C)/C=C\COC(C)=O. The summed E-state index contributed by atoms with van der Waals surface area (Å²) in [6.45, 7) is 7.58. The number of hydrogen-bond donors (Lipinski definition) is 0. The van der Waals surface area contributed by atoms with E-state index in [1.807, 2.05) is 12.2 Å². The van der Waals surface area contributed by atoms with E-state index in [1.54, 1.807) is 0 Å². The topological polar surface area (TPSA) is 26.3 Å². The third kappa shape index (κ3) is 7.10. The van der Waals surface area contributed by atoms with E-state index in [0.29, 0.717) is 12.5 Å². The van der Waals surface area contributed by atoms with Gasteiger partial charge in [-0.25, -0.2) is 0 Å². The van der Waals surface area contributed by atoms with Gasteiger partial charge in [-0.2, -0.15) is 0 Å². The summed E-state index contributed by atoms with van der Waals surface area (Å²) in [5, 5.41) is 0. The highest BCUT2D eigenvalue weighted by Crippen LogP contribution is 2.00. The largest absolute Gasteiger partial charge is 0.462 e. The lowest BCUT2D eigenvalue weighted by atomic mass is 10.1. The lowest BCUT2D eigenvalue weighted by Gasteiger charge is -1.99. The van der Waals surface area contributed by atoms with E-state index in [2.05, 4.69) is 13.8 Å². The summed E-state index contributed by atoms with van der Waals surface area (Å²) in [5.41, 5.74) is 0. The Morgan fingerprint density at radius 1 is 1.73 bits per heavy atom. The van der Waals surface area contributed by atoms with E-state index in [-0.39, 0.29) is 5.97 Å². The van der Waals surface area contributed by atoms with E-state index >= 15 is 0 Å². The molecule has 0 aromatic heterocycles. The second-order valence-electron chi connectivity index (χ2n) is 2.50. The molecule has 0 aliphatic heterocycles. The number of allylic oxidation sites excluding steroid dienone is 1. The van der Waals surface area contributed by atoms with Crippen LogP contribution in [0.3, 0.4) is 0 Å². The molecule has 2 heteroatoms. The number of hydrogen-bond acceptors (Lipinski definition) is 2. The molecule has 2 nitrogen and oxygen atoms in total. The van der Waals surface area contributed by atoms with E-state index in [9.17, 15) is 4.79 Å². The first kappa shape index (κ1) is 10.2. The van der Waals surface area contributed by atoms with Crippen LogP contribution in [0, 0.1) is 12.8 Å². The Bertz CT molecular complexity index is 138. The second kappa shape index (κ2) is 5.96. The monoisotopic (exact) mass is 155 g/mol. The average molecular weight is 155 g/mol. The summed E-state index contributed by atoms with van der Waals surface area (Å²) in [5.74, 6) is 0.225. The maximum Gasteiger partial charge on any atom is 0.302 e. The highest BCUT2D eigenvalue weighted by Gasteiger charge is 1.90. The van der Waals surface area contributed by atoms with Gasteiger partial charge in [0, 0.05) is 6.92 Å². The van der Waals surface area contributed by atoms with Crippen molar-refractivity contribution in [2.75, 3.05) is 6.61 Å². The number of carbonyl (C=O) groups excluding carboxylic acids is 1. The van der Waals surface area contributed by atoms with Crippen molar-refractivity contribution in [3.8, 4) is 0 Å². The zero-order valence-corrected chi connectivity index (χ0v) is 7.17. The van der Waals surface area contributed by atoms with E-state index < -0.39 is 0 Å². The number of ether oxygens (including phenoxy) is 1. The van der Waals surface area contributed by atoms with Crippen molar-refractivity contribution in [1.82, 2.24) is 0 Å². The summed E-state index contributed by atoms with van der Waals surface area (Å²) < 4.78 is 4.69. The zero-order chi connectivity index (χ0) is 8.69. The smallest absolute Gasteiger partial charge is 0.302 e. The lowest BCUT2D eigenvalue weighted by molar-refractivity contribution is -0.139. The molecule has 1 atom stereocenters. The molecule has 11 heavy (non-hydrogen) atoms. The molecular weight excluding hydrogens is 140 g/mol. The minimum atomic E-state index is -0.239. The van der Waals surface area contributed by atoms with Crippen molar-refractivity contribution < 1.29 is 9.53 Å². The molecule has 0 heterocycles. The van der Waals surface area contributed by atoms with Crippen molar-refractivity contribution in [3.05, 3.63) is 19.1 Å². The molecule has 0 saturated carbocycles. The summed E-state index contributed by atoms with van der Waals surface area (Å²) >= 11 is 0. The van der Waals surface area contributed by atoms with Crippen LogP contribution >= 0.6 is 0 Å². The fourth-order valence-electron chi connectivity index (χ4n) is 0.550. The van der Waals surface area contributed by atoms with Gasteiger partial charge in [-0.05, 0) is 12.3 Å². The van der Waals surface area contributed by atoms with Crippen LogP contribution in [0.4, 0.5) is 0 Å². The van der Waals surface area contributed by atoms with Crippen molar-refractivity contribution >= 4 is 5.97 Å². The molecule has 0 fully saturated rings. The minimum Gasteiger partial charge on any atom is -0.462 e. The predicted octanol–water partition coefficient (Wildman–Crippen LogP) is 1.97. The Kier molecular flexibility index (Phi) is 5.53. The molecule has 0 rings (SSSR count). The molecule has 0 aromatic carbocycles. The first-order chi connectivity index (χ1) is 5.16. The van der Waals surface area contributed by atoms with Gasteiger partial charge in [0.05, 0.1) is 0 Å². The molecule has 0 aliphatic carbocycles. The van der Waals surface area contributed by atoms with Gasteiger partial charge in [0.25, 0.3) is 0 Å². The quantitative estimate of drug-likeness (QED) is 0.458. The van der Waals surface area contributed by atoms with Crippen LogP contribution in [0.1, 0.15) is 20.3 Å². The molecule has 0 N–H and O–H groups in total. The molecule has 0 amide bonds. The van der Waals surface area contributed by atoms with Crippen LogP contribution < -0.4 is 0 Å². The van der Waals surface area contributed by atoms with Crippen molar-refractivity contribution in [1.29, 1.82) is 0 Å². The predicted molar refractivity (Wildman–Crippen MR) is 44.9 cm³/mol. The van der Waals surface area contributed by atoms with E-state index in [4.69, 9.17) is 4.74 Å². The molecule has 63 valence electrons. The Labute approximate surface area is 68.2 Å². The molecule has 0 saturated heterocycles. The highest BCUT2D eigenvalue weighted by atomic mass is 16.5. The standard InChI is InChI=1S/C9H15O2/c1-4-8(2)6-5-7-11-9(3)10/h5-6,8H,1,4,7H2,2-3H3/b6-5-/t8-/m0/s1. The lowest BCUT2D eigenvalue weighted by Crippen LogP contribution is -1.98. The van der Waals surface area contributed by atoms with Crippen LogP contribution in [-0.4, -0.2) is 12.6 Å². The van der Waals surface area contributed by atoms with Crippen LogP contribution in [0.5, 0.6) is 0 Å². The fourth-order valence-corrected chi connectivity index (χ4v) is 0.550. The van der Waals surface area contributed by atoms with Gasteiger partial charge >= 0.3 is 5.97 Å².